The molecule has 0 aliphatic carbocycles. The minimum Gasteiger partial charge on any atom is -0.363 e. The minimum atomic E-state index is -1.03. The van der Waals surface area contributed by atoms with Crippen LogP contribution in [0.1, 0.15) is 10.4 Å². The van der Waals surface area contributed by atoms with Gasteiger partial charge in [0.2, 0.25) is 5.91 Å². The van der Waals surface area contributed by atoms with Crippen LogP contribution in [0.4, 0.5) is 5.69 Å². The van der Waals surface area contributed by atoms with E-state index in [4.69, 9.17) is 17.3 Å². The van der Waals surface area contributed by atoms with E-state index in [-0.39, 0.29) is 18.0 Å². The lowest BCUT2D eigenvalue weighted by molar-refractivity contribution is -0.116. The zero-order chi connectivity index (χ0) is 18.0. The van der Waals surface area contributed by atoms with Crippen LogP contribution in [0, 0.1) is 0 Å². The third-order valence-electron chi connectivity index (χ3n) is 3.70. The Morgan fingerprint density at radius 3 is 2.40 bits per heavy atom. The molecule has 0 spiro atoms. The fourth-order valence-corrected chi connectivity index (χ4v) is 2.71. The summed E-state index contributed by atoms with van der Waals surface area (Å²) in [5.74, 6) is -2.09. The number of anilines is 1. The van der Waals surface area contributed by atoms with E-state index in [2.05, 4.69) is 5.32 Å². The number of benzene rings is 2. The maximum absolute atomic E-state index is 12.3. The van der Waals surface area contributed by atoms with Crippen LogP contribution in [0.15, 0.2) is 54.7 Å². The molecular weight excluding hydrogens is 342 g/mol. The summed E-state index contributed by atoms with van der Waals surface area (Å²) in [7, 11) is 0. The molecule has 126 valence electrons. The zero-order valence-corrected chi connectivity index (χ0v) is 13.8. The highest BCUT2D eigenvalue weighted by atomic mass is 35.5. The van der Waals surface area contributed by atoms with Gasteiger partial charge >= 0.3 is 0 Å². The highest BCUT2D eigenvalue weighted by molar-refractivity contribution is 6.44. The first-order chi connectivity index (χ1) is 12.0. The van der Waals surface area contributed by atoms with Gasteiger partial charge in [0.1, 0.15) is 6.54 Å². The van der Waals surface area contributed by atoms with E-state index in [1.54, 1.807) is 53.1 Å². The van der Waals surface area contributed by atoms with Gasteiger partial charge in [0.05, 0.1) is 5.56 Å². The van der Waals surface area contributed by atoms with Gasteiger partial charge in [-0.2, -0.15) is 0 Å². The van der Waals surface area contributed by atoms with Gasteiger partial charge < -0.3 is 15.6 Å². The molecule has 0 atom stereocenters. The summed E-state index contributed by atoms with van der Waals surface area (Å²) in [5.41, 5.74) is 6.55. The number of ketones is 1. The summed E-state index contributed by atoms with van der Waals surface area (Å²) in [6.45, 7) is -0.0187. The van der Waals surface area contributed by atoms with Crippen molar-refractivity contribution in [1.82, 2.24) is 4.57 Å². The fraction of sp³-hybridized carbons (Fsp3) is 0.0556. The van der Waals surface area contributed by atoms with Gasteiger partial charge in [0.25, 0.3) is 11.7 Å². The van der Waals surface area contributed by atoms with E-state index in [9.17, 15) is 14.4 Å². The second kappa shape index (κ2) is 6.78. The molecule has 0 bridgehead atoms. The number of nitrogens with zero attached hydrogens (tertiary/aromatic N) is 1. The van der Waals surface area contributed by atoms with Crippen molar-refractivity contribution in [2.45, 2.75) is 6.54 Å². The fourth-order valence-electron chi connectivity index (χ4n) is 2.58. The van der Waals surface area contributed by atoms with Gasteiger partial charge in [0, 0.05) is 27.8 Å². The predicted octanol–water partition coefficient (Wildman–Crippen LogP) is 2.60. The van der Waals surface area contributed by atoms with Crippen molar-refractivity contribution in [3.05, 3.63) is 65.3 Å². The summed E-state index contributed by atoms with van der Waals surface area (Å²) in [6.07, 6.45) is 1.47. The Kier molecular flexibility index (Phi) is 4.54. The molecule has 2 amide bonds. The number of carbonyl (C=O) groups excluding carboxylic acids is 3. The van der Waals surface area contributed by atoms with Crippen LogP contribution in [0.3, 0.4) is 0 Å². The molecule has 3 aromatic rings. The van der Waals surface area contributed by atoms with E-state index in [0.717, 1.165) is 0 Å². The number of nitrogens with two attached hydrogens (primary N) is 1. The number of aromatic nitrogens is 1. The van der Waals surface area contributed by atoms with Crippen LogP contribution < -0.4 is 11.1 Å². The van der Waals surface area contributed by atoms with Gasteiger partial charge in [-0.25, -0.2) is 0 Å². The smallest absolute Gasteiger partial charge is 0.289 e. The molecule has 3 N–H and O–H groups in total. The van der Waals surface area contributed by atoms with E-state index in [1.807, 2.05) is 0 Å². The number of carbonyl (C=O) groups is 3. The number of hydrogen-bond donors (Lipinski definition) is 2. The lowest BCUT2D eigenvalue weighted by Crippen LogP contribution is -2.23. The first-order valence-corrected chi connectivity index (χ1v) is 7.81. The molecular formula is C18H14ClN3O3. The Balaban J connectivity index is 1.88. The largest absolute Gasteiger partial charge is 0.363 e. The molecule has 3 rings (SSSR count). The summed E-state index contributed by atoms with van der Waals surface area (Å²) in [4.78, 5) is 35.5. The van der Waals surface area contributed by atoms with Crippen LogP contribution in [-0.4, -0.2) is 22.2 Å². The number of amides is 2. The van der Waals surface area contributed by atoms with Crippen molar-refractivity contribution in [2.24, 2.45) is 5.73 Å². The number of fused-ring (bicyclic) bond motifs is 1. The highest BCUT2D eigenvalue weighted by Gasteiger charge is 2.19. The topological polar surface area (TPSA) is 94.2 Å². The number of nitrogens with one attached hydrogen (secondary N) is 1. The van der Waals surface area contributed by atoms with Crippen molar-refractivity contribution in [3.63, 3.8) is 0 Å². The van der Waals surface area contributed by atoms with Gasteiger partial charge in [-0.05, 0) is 30.3 Å². The van der Waals surface area contributed by atoms with Crippen LogP contribution in [0.5, 0.6) is 0 Å². The average Bonchev–Trinajstić information content (AvgIpc) is 2.95. The normalized spacial score (nSPS) is 10.6. The van der Waals surface area contributed by atoms with Crippen LogP contribution in [0.25, 0.3) is 10.9 Å². The summed E-state index contributed by atoms with van der Waals surface area (Å²) >= 11 is 5.81. The number of rotatable bonds is 5. The first kappa shape index (κ1) is 16.7. The molecule has 6 nitrogen and oxygen atoms in total. The van der Waals surface area contributed by atoms with Crippen LogP contribution in [0.2, 0.25) is 5.02 Å². The summed E-state index contributed by atoms with van der Waals surface area (Å²) in [6, 6.07) is 13.7. The molecule has 0 saturated carbocycles. The highest BCUT2D eigenvalue weighted by Crippen LogP contribution is 2.22. The van der Waals surface area contributed by atoms with Crippen LogP contribution >= 0.6 is 11.6 Å². The molecule has 0 aliphatic rings. The monoisotopic (exact) mass is 355 g/mol. The molecule has 1 aromatic heterocycles. The van der Waals surface area contributed by atoms with Crippen molar-refractivity contribution < 1.29 is 14.4 Å². The van der Waals surface area contributed by atoms with E-state index in [1.165, 1.54) is 6.20 Å². The zero-order valence-electron chi connectivity index (χ0n) is 13.0. The maximum atomic E-state index is 12.3. The first-order valence-electron chi connectivity index (χ1n) is 7.43. The quantitative estimate of drug-likeness (QED) is 0.544. The maximum Gasteiger partial charge on any atom is 0.289 e. The second-order valence-corrected chi connectivity index (χ2v) is 5.87. The third kappa shape index (κ3) is 3.54. The second-order valence-electron chi connectivity index (χ2n) is 5.44. The van der Waals surface area contributed by atoms with Crippen molar-refractivity contribution in [3.8, 4) is 0 Å². The number of primary amides is 1. The number of hydrogen-bond acceptors (Lipinski definition) is 3. The van der Waals surface area contributed by atoms with E-state index < -0.39 is 11.7 Å². The Morgan fingerprint density at radius 2 is 1.72 bits per heavy atom. The molecule has 1 heterocycles. The van der Waals surface area contributed by atoms with Crippen molar-refractivity contribution >= 4 is 45.8 Å². The van der Waals surface area contributed by atoms with Gasteiger partial charge in [0.15, 0.2) is 0 Å². The molecule has 2 aromatic carbocycles. The number of halogens is 1. The SMILES string of the molecule is NC(=O)C(=O)c1cn(CC(=O)Nc2ccc(Cl)cc2)c2ccccc12. The molecule has 0 saturated heterocycles. The van der Waals surface area contributed by atoms with Crippen molar-refractivity contribution in [2.75, 3.05) is 5.32 Å². The lowest BCUT2D eigenvalue weighted by Gasteiger charge is -2.07. The molecule has 0 fully saturated rings. The Morgan fingerprint density at radius 1 is 1.04 bits per heavy atom. The molecule has 7 heteroatoms. The van der Waals surface area contributed by atoms with Gasteiger partial charge in [-0.3, -0.25) is 14.4 Å². The van der Waals surface area contributed by atoms with Gasteiger partial charge in [-0.15, -0.1) is 0 Å². The third-order valence-corrected chi connectivity index (χ3v) is 3.95. The Labute approximate surface area is 148 Å². The van der Waals surface area contributed by atoms with E-state index in [0.29, 0.717) is 21.6 Å². The summed E-state index contributed by atoms with van der Waals surface area (Å²) < 4.78 is 1.61. The average molecular weight is 356 g/mol. The number of Topliss-reactive ketones (excluding diaryl/α,β-unsaturated/α-hetero) is 1. The Bertz CT molecular complexity index is 977. The van der Waals surface area contributed by atoms with Crippen LogP contribution in [-0.2, 0) is 16.1 Å². The minimum absolute atomic E-state index is 0.0187. The standard InChI is InChI=1S/C18H14ClN3O3/c19-11-5-7-12(8-6-11)21-16(23)10-22-9-14(17(24)18(20)25)13-3-1-2-4-15(13)22/h1-9H,10H2,(H2,20,25)(H,21,23). The lowest BCUT2D eigenvalue weighted by atomic mass is 10.1. The summed E-state index contributed by atoms with van der Waals surface area (Å²) in [5, 5.41) is 3.90. The number of para-hydroxylation sites is 1. The molecule has 25 heavy (non-hydrogen) atoms. The molecule has 0 aliphatic heterocycles. The molecule has 0 radical (unpaired) electrons. The van der Waals surface area contributed by atoms with Gasteiger partial charge in [-0.1, -0.05) is 29.8 Å². The predicted molar refractivity (Wildman–Crippen MR) is 95.5 cm³/mol. The molecule has 0 unspecified atom stereocenters. The Hall–Kier alpha value is -3.12. The van der Waals surface area contributed by atoms with E-state index >= 15 is 0 Å². The van der Waals surface area contributed by atoms with Crippen molar-refractivity contribution in [1.29, 1.82) is 0 Å².